The van der Waals surface area contributed by atoms with E-state index in [4.69, 9.17) is 5.73 Å². The molecule has 1 heterocycles. The number of nitrogens with two attached hydrogens (primary N) is 1. The molecule has 1 aromatic rings. The summed E-state index contributed by atoms with van der Waals surface area (Å²) in [5.74, 6) is -0.827. The molecule has 29 heavy (non-hydrogen) atoms. The van der Waals surface area contributed by atoms with Gasteiger partial charge in [-0.05, 0) is 44.5 Å². The number of hydrogen-bond acceptors (Lipinski definition) is 4. The van der Waals surface area contributed by atoms with Crippen molar-refractivity contribution < 1.29 is 9.59 Å². The number of nitrogens with one attached hydrogen (secondary N) is 2. The van der Waals surface area contributed by atoms with E-state index in [1.807, 2.05) is 51.1 Å². The first-order valence-corrected chi connectivity index (χ1v) is 9.64. The van der Waals surface area contributed by atoms with Crippen LogP contribution >= 0.6 is 0 Å². The highest BCUT2D eigenvalue weighted by Gasteiger charge is 2.30. The second kappa shape index (κ2) is 8.84. The zero-order valence-electron chi connectivity index (χ0n) is 16.8. The van der Waals surface area contributed by atoms with E-state index in [1.165, 1.54) is 0 Å². The Kier molecular flexibility index (Phi) is 6.24. The van der Waals surface area contributed by atoms with Gasteiger partial charge in [0.2, 0.25) is 5.91 Å². The molecule has 3 atom stereocenters. The number of nitrogens with zero attached hydrogens (tertiary/aromatic N) is 1. The molecule has 1 aliphatic carbocycles. The molecule has 3 rings (SSSR count). The number of benzene rings is 1. The van der Waals surface area contributed by atoms with Crippen molar-refractivity contribution in [2.45, 2.75) is 26.8 Å². The van der Waals surface area contributed by atoms with Crippen molar-refractivity contribution >= 4 is 23.2 Å². The quantitative estimate of drug-likeness (QED) is 0.720. The highest BCUT2D eigenvalue weighted by Crippen LogP contribution is 2.26. The Bertz CT molecular complexity index is 967. The van der Waals surface area contributed by atoms with E-state index in [1.54, 1.807) is 30.5 Å². The smallest absolute Gasteiger partial charge is 0.255 e. The summed E-state index contributed by atoms with van der Waals surface area (Å²) in [5.41, 5.74) is 9.27. The molecule has 150 valence electrons. The number of allylic oxidation sites excluding steroid dienone is 5. The second-order valence-electron chi connectivity index (χ2n) is 7.20. The van der Waals surface area contributed by atoms with E-state index < -0.39 is 0 Å². The van der Waals surface area contributed by atoms with Crippen molar-refractivity contribution in [1.29, 1.82) is 0 Å². The number of carbonyl (C=O) groups excluding carboxylic acids is 2. The monoisotopic (exact) mass is 390 g/mol. The van der Waals surface area contributed by atoms with Crippen molar-refractivity contribution in [3.05, 3.63) is 77.7 Å². The van der Waals surface area contributed by atoms with Gasteiger partial charge < -0.3 is 16.4 Å². The Hall–Kier alpha value is -3.25. The first kappa shape index (κ1) is 20.5. The van der Waals surface area contributed by atoms with Crippen LogP contribution in [0, 0.1) is 18.8 Å². The predicted molar refractivity (Wildman–Crippen MR) is 117 cm³/mol. The maximum absolute atomic E-state index is 12.9. The summed E-state index contributed by atoms with van der Waals surface area (Å²) in [4.78, 5) is 29.9. The third kappa shape index (κ3) is 4.60. The zero-order valence-corrected chi connectivity index (χ0v) is 16.8. The Morgan fingerprint density at radius 2 is 2.03 bits per heavy atom. The van der Waals surface area contributed by atoms with Gasteiger partial charge in [0.15, 0.2) is 0 Å². The molecule has 6 nitrogen and oxygen atoms in total. The number of hydrogen-bond donors (Lipinski definition) is 3. The summed E-state index contributed by atoms with van der Waals surface area (Å²) in [6.07, 6.45) is 13.0. The summed E-state index contributed by atoms with van der Waals surface area (Å²) in [7, 11) is 0. The fourth-order valence-electron chi connectivity index (χ4n) is 3.39. The minimum absolute atomic E-state index is 0.0819. The van der Waals surface area contributed by atoms with Crippen LogP contribution in [0.3, 0.4) is 0 Å². The van der Waals surface area contributed by atoms with E-state index in [9.17, 15) is 9.59 Å². The largest absolute Gasteiger partial charge is 0.326 e. The highest BCUT2D eigenvalue weighted by atomic mass is 16.2. The number of amides is 2. The minimum Gasteiger partial charge on any atom is -0.326 e. The van der Waals surface area contributed by atoms with Gasteiger partial charge in [-0.2, -0.15) is 0 Å². The van der Waals surface area contributed by atoms with Crippen LogP contribution in [0.2, 0.25) is 0 Å². The predicted octanol–water partition coefficient (Wildman–Crippen LogP) is 3.24. The van der Waals surface area contributed by atoms with Crippen LogP contribution in [-0.2, 0) is 4.79 Å². The number of aryl methyl sites for hydroxylation is 1. The molecule has 0 bridgehead atoms. The van der Waals surface area contributed by atoms with Crippen LogP contribution in [0.5, 0.6) is 0 Å². The van der Waals surface area contributed by atoms with Crippen LogP contribution in [0.4, 0.5) is 5.69 Å². The molecule has 1 aliphatic heterocycles. The van der Waals surface area contributed by atoms with Crippen LogP contribution in [0.1, 0.15) is 29.8 Å². The molecular weight excluding hydrogens is 364 g/mol. The second-order valence-corrected chi connectivity index (χ2v) is 7.20. The van der Waals surface area contributed by atoms with Crippen LogP contribution in [0.15, 0.2) is 71.5 Å². The van der Waals surface area contributed by atoms with Gasteiger partial charge in [0, 0.05) is 40.8 Å². The Morgan fingerprint density at radius 3 is 2.76 bits per heavy atom. The molecular formula is C23H26N4O2. The van der Waals surface area contributed by atoms with Gasteiger partial charge in [0.05, 0.1) is 5.92 Å². The molecule has 0 spiro atoms. The van der Waals surface area contributed by atoms with Crippen molar-refractivity contribution in [2.75, 3.05) is 5.32 Å². The lowest BCUT2D eigenvalue weighted by molar-refractivity contribution is -0.119. The molecule has 0 aromatic heterocycles. The molecule has 0 saturated heterocycles. The third-order valence-corrected chi connectivity index (χ3v) is 5.05. The first-order chi connectivity index (χ1) is 13.9. The maximum Gasteiger partial charge on any atom is 0.255 e. The van der Waals surface area contributed by atoms with Crippen LogP contribution in [-0.4, -0.2) is 23.6 Å². The first-order valence-electron chi connectivity index (χ1n) is 9.64. The Labute approximate surface area is 171 Å². The zero-order chi connectivity index (χ0) is 21.0. The SMILES string of the molecule is C/C=C(/NC(=O)c1cc(NC(=O)C2C=CN=C3C=CC=CC32)ccc1C)C(C)N. The van der Waals surface area contributed by atoms with Crippen molar-refractivity contribution in [2.24, 2.45) is 22.6 Å². The normalized spacial score (nSPS) is 21.2. The summed E-state index contributed by atoms with van der Waals surface area (Å²) in [6.45, 7) is 5.49. The molecule has 0 radical (unpaired) electrons. The van der Waals surface area contributed by atoms with E-state index >= 15 is 0 Å². The summed E-state index contributed by atoms with van der Waals surface area (Å²) >= 11 is 0. The lowest BCUT2D eigenvalue weighted by Crippen LogP contribution is -2.34. The molecule has 6 heteroatoms. The van der Waals surface area contributed by atoms with Gasteiger partial charge in [0.1, 0.15) is 0 Å². The summed E-state index contributed by atoms with van der Waals surface area (Å²) in [6, 6.07) is 5.02. The van der Waals surface area contributed by atoms with Gasteiger partial charge in [-0.3, -0.25) is 14.6 Å². The van der Waals surface area contributed by atoms with E-state index in [0.29, 0.717) is 16.9 Å². The number of fused-ring (bicyclic) bond motifs is 1. The summed E-state index contributed by atoms with van der Waals surface area (Å²) in [5, 5.41) is 5.78. The van der Waals surface area contributed by atoms with Crippen LogP contribution in [0.25, 0.3) is 0 Å². The fourth-order valence-corrected chi connectivity index (χ4v) is 3.39. The topological polar surface area (TPSA) is 96.6 Å². The van der Waals surface area contributed by atoms with Crippen LogP contribution < -0.4 is 16.4 Å². The van der Waals surface area contributed by atoms with Crippen molar-refractivity contribution in [3.63, 3.8) is 0 Å². The van der Waals surface area contributed by atoms with Gasteiger partial charge in [-0.25, -0.2) is 0 Å². The van der Waals surface area contributed by atoms with Gasteiger partial charge in [-0.1, -0.05) is 36.4 Å². The maximum atomic E-state index is 12.9. The molecule has 3 unspecified atom stereocenters. The minimum atomic E-state index is -0.352. The van der Waals surface area contributed by atoms with Gasteiger partial charge >= 0.3 is 0 Å². The number of carbonyl (C=O) groups is 2. The molecule has 0 fully saturated rings. The molecule has 4 N–H and O–H groups in total. The molecule has 0 saturated carbocycles. The highest BCUT2D eigenvalue weighted by molar-refractivity contribution is 6.06. The van der Waals surface area contributed by atoms with E-state index in [2.05, 4.69) is 15.6 Å². The van der Waals surface area contributed by atoms with Crippen molar-refractivity contribution in [3.8, 4) is 0 Å². The van der Waals surface area contributed by atoms with E-state index in [-0.39, 0.29) is 29.7 Å². The molecule has 2 amide bonds. The number of rotatable bonds is 5. The fraction of sp³-hybridized carbons (Fsp3) is 0.261. The third-order valence-electron chi connectivity index (χ3n) is 5.05. The Balaban J connectivity index is 1.76. The number of aliphatic imine (C=N–C) groups is 1. The average molecular weight is 390 g/mol. The average Bonchev–Trinajstić information content (AvgIpc) is 2.72. The van der Waals surface area contributed by atoms with Crippen molar-refractivity contribution in [1.82, 2.24) is 5.32 Å². The van der Waals surface area contributed by atoms with Gasteiger partial charge in [-0.15, -0.1) is 0 Å². The Morgan fingerprint density at radius 1 is 1.24 bits per heavy atom. The van der Waals surface area contributed by atoms with E-state index in [0.717, 1.165) is 11.3 Å². The molecule has 1 aromatic carbocycles. The van der Waals surface area contributed by atoms with Gasteiger partial charge in [0.25, 0.3) is 5.91 Å². The lowest BCUT2D eigenvalue weighted by Gasteiger charge is -2.25. The summed E-state index contributed by atoms with van der Waals surface area (Å²) < 4.78 is 0. The molecule has 2 aliphatic rings. The number of anilines is 1. The standard InChI is InChI=1S/C23H26N4O2/c1-4-20(15(3)24)27-23(29)19-13-16(10-9-14(19)2)26-22(28)18-11-12-25-21-8-6-5-7-17(18)21/h4-13,15,17-18H,24H2,1-3H3,(H,26,28)(H,27,29)/b20-4+. The lowest BCUT2D eigenvalue weighted by atomic mass is 9.83.